The molecule has 5 N–H and O–H groups in total. The first-order valence-corrected chi connectivity index (χ1v) is 17.3. The zero-order valence-corrected chi connectivity index (χ0v) is 30.0. The molecule has 0 atom stereocenters. The molecule has 0 saturated heterocycles. The number of carbonyl (C=O) groups is 5. The lowest BCUT2D eigenvalue weighted by molar-refractivity contribution is -0.136. The van der Waals surface area contributed by atoms with Crippen LogP contribution < -0.4 is 10.6 Å². The Bertz CT molecular complexity index is 2330. The number of furan rings is 1. The third kappa shape index (κ3) is 10.2. The number of aromatic carboxylic acids is 1. The number of carboxylic acid groups (broad SMARTS) is 3. The van der Waals surface area contributed by atoms with E-state index in [9.17, 15) is 29.1 Å². The largest absolute Gasteiger partial charge is 0.481 e. The third-order valence-electron chi connectivity index (χ3n) is 7.71. The van der Waals surface area contributed by atoms with Crippen molar-refractivity contribution in [1.82, 2.24) is 0 Å². The zero-order valence-electron chi connectivity index (χ0n) is 28.4. The molecule has 0 unspecified atom stereocenters. The van der Waals surface area contributed by atoms with E-state index in [1.807, 2.05) is 48.5 Å². The number of halogens is 1. The number of carbonyl (C=O) groups excluding carboxylic acids is 2. The molecular weight excluding hydrogens is 732 g/mol. The van der Waals surface area contributed by atoms with Gasteiger partial charge in [0.25, 0.3) is 11.8 Å². The molecule has 54 heavy (non-hydrogen) atoms. The summed E-state index contributed by atoms with van der Waals surface area (Å²) in [5.74, 6) is -2.70. The molecule has 2 amide bonds. The van der Waals surface area contributed by atoms with Crippen LogP contribution in [0.2, 0.25) is 0 Å². The number of aryl methyl sites for hydroxylation is 1. The highest BCUT2D eigenvalue weighted by Gasteiger charge is 2.19. The van der Waals surface area contributed by atoms with Gasteiger partial charge < -0.3 is 30.4 Å². The number of hydrogen-bond acceptors (Lipinski definition) is 7. The van der Waals surface area contributed by atoms with E-state index in [-0.39, 0.29) is 22.2 Å². The van der Waals surface area contributed by atoms with Crippen molar-refractivity contribution in [2.45, 2.75) is 13.3 Å². The van der Waals surface area contributed by atoms with Gasteiger partial charge in [-0.1, -0.05) is 96.5 Å². The molecular formula is C41H31ClN2O9S. The summed E-state index contributed by atoms with van der Waals surface area (Å²) >= 11 is 6.57. The van der Waals surface area contributed by atoms with Gasteiger partial charge in [0, 0.05) is 22.4 Å². The highest BCUT2D eigenvalue weighted by Crippen LogP contribution is 2.35. The molecule has 6 aromatic rings. The number of rotatable bonds is 11. The van der Waals surface area contributed by atoms with Crippen molar-refractivity contribution in [3.05, 3.63) is 159 Å². The van der Waals surface area contributed by atoms with Gasteiger partial charge in [0.2, 0.25) is 0 Å². The first-order chi connectivity index (χ1) is 25.9. The van der Waals surface area contributed by atoms with Gasteiger partial charge in [0.05, 0.1) is 17.0 Å². The van der Waals surface area contributed by atoms with Crippen molar-refractivity contribution >= 4 is 69.4 Å². The standard InChI is InChI=1S/C21H14ClNO5S.C20H17NO4/c22-16(20(25)26)10-12-6-8-14(9-7-12)19(24)23-17-11-15(18(29-17)21(27)28)13-4-2-1-3-5-13;1-13-17(12-18(25-13)15-5-3-2-4-6-15)20(24)21-16-9-7-14(8-10-16)11-19(22)23/h1-11H,(H,23,24)(H,25,26)(H,27,28);2-10,12H,11H2,1H3,(H,21,24)(H,22,23)/b16-10-;. The average molecular weight is 763 g/mol. The minimum Gasteiger partial charge on any atom is -0.481 e. The van der Waals surface area contributed by atoms with Gasteiger partial charge in [-0.2, -0.15) is 0 Å². The predicted molar refractivity (Wildman–Crippen MR) is 207 cm³/mol. The number of anilines is 2. The minimum atomic E-state index is -1.24. The number of aliphatic carboxylic acids is 2. The molecule has 2 heterocycles. The molecule has 11 nitrogen and oxygen atoms in total. The van der Waals surface area contributed by atoms with Crippen LogP contribution in [0.3, 0.4) is 0 Å². The van der Waals surface area contributed by atoms with Crippen LogP contribution >= 0.6 is 22.9 Å². The number of thiophene rings is 1. The fourth-order valence-electron chi connectivity index (χ4n) is 5.10. The number of benzene rings is 4. The summed E-state index contributed by atoms with van der Waals surface area (Å²) in [6.45, 7) is 1.75. The summed E-state index contributed by atoms with van der Waals surface area (Å²) in [6, 6.07) is 34.9. The minimum absolute atomic E-state index is 0.0461. The monoisotopic (exact) mass is 762 g/mol. The molecule has 13 heteroatoms. The van der Waals surface area contributed by atoms with Crippen LogP contribution in [-0.2, 0) is 16.0 Å². The topological polar surface area (TPSA) is 183 Å². The summed E-state index contributed by atoms with van der Waals surface area (Å²) < 4.78 is 5.70. The number of carboxylic acids is 3. The molecule has 0 saturated carbocycles. The smallest absolute Gasteiger partial charge is 0.347 e. The summed E-state index contributed by atoms with van der Waals surface area (Å²) in [7, 11) is 0. The average Bonchev–Trinajstić information content (AvgIpc) is 3.77. The quantitative estimate of drug-likeness (QED) is 0.0803. The Morgan fingerprint density at radius 3 is 1.93 bits per heavy atom. The van der Waals surface area contributed by atoms with Crippen molar-refractivity contribution in [1.29, 1.82) is 0 Å². The van der Waals surface area contributed by atoms with E-state index >= 15 is 0 Å². The van der Waals surface area contributed by atoms with E-state index in [4.69, 9.17) is 26.2 Å². The zero-order chi connectivity index (χ0) is 38.8. The lowest BCUT2D eigenvalue weighted by Gasteiger charge is -2.05. The maximum Gasteiger partial charge on any atom is 0.347 e. The Hall–Kier alpha value is -6.76. The molecule has 0 fully saturated rings. The van der Waals surface area contributed by atoms with Gasteiger partial charge in [-0.05, 0) is 66.1 Å². The molecule has 0 aliphatic carbocycles. The fraction of sp³-hybridized carbons (Fsp3) is 0.0488. The molecule has 2 aromatic heterocycles. The van der Waals surface area contributed by atoms with Crippen molar-refractivity contribution < 1.29 is 43.7 Å². The van der Waals surface area contributed by atoms with E-state index in [0.717, 1.165) is 22.5 Å². The number of nitrogens with one attached hydrogen (secondary N) is 2. The van der Waals surface area contributed by atoms with Crippen LogP contribution in [0.5, 0.6) is 0 Å². The molecule has 0 radical (unpaired) electrons. The van der Waals surface area contributed by atoms with Crippen molar-refractivity contribution in [2.24, 2.45) is 0 Å². The van der Waals surface area contributed by atoms with Crippen molar-refractivity contribution in [2.75, 3.05) is 10.6 Å². The SMILES string of the molecule is Cc1oc(-c2ccccc2)cc1C(=O)Nc1ccc(CC(=O)O)cc1.O=C(O)/C(Cl)=C/c1ccc(C(=O)Nc2cc(-c3ccccc3)c(C(=O)O)s2)cc1. The molecule has 272 valence electrons. The van der Waals surface area contributed by atoms with Crippen molar-refractivity contribution in [3.8, 4) is 22.5 Å². The second-order valence-corrected chi connectivity index (χ2v) is 13.0. The highest BCUT2D eigenvalue weighted by molar-refractivity contribution is 7.18. The maximum atomic E-state index is 12.5. The Balaban J connectivity index is 0.000000210. The van der Waals surface area contributed by atoms with Crippen molar-refractivity contribution in [3.63, 3.8) is 0 Å². The summed E-state index contributed by atoms with van der Waals surface area (Å²) in [5.41, 5.74) is 4.79. The Morgan fingerprint density at radius 1 is 0.741 bits per heavy atom. The lowest BCUT2D eigenvalue weighted by Crippen LogP contribution is -2.12. The fourth-order valence-corrected chi connectivity index (χ4v) is 6.14. The molecule has 0 spiro atoms. The molecule has 0 aliphatic rings. The van der Waals surface area contributed by atoms with Crippen LogP contribution in [0.15, 0.2) is 131 Å². The van der Waals surface area contributed by atoms with Crippen LogP contribution in [-0.4, -0.2) is 45.0 Å². The van der Waals surface area contributed by atoms with E-state index in [2.05, 4.69) is 10.6 Å². The van der Waals surface area contributed by atoms with Gasteiger partial charge in [-0.25, -0.2) is 9.59 Å². The van der Waals surface area contributed by atoms with E-state index < -0.39 is 23.8 Å². The molecule has 4 aromatic carbocycles. The van der Waals surface area contributed by atoms with Gasteiger partial charge in [-0.15, -0.1) is 11.3 Å². The molecule has 0 aliphatic heterocycles. The first-order valence-electron chi connectivity index (χ1n) is 16.1. The Morgan fingerprint density at radius 2 is 1.35 bits per heavy atom. The summed E-state index contributed by atoms with van der Waals surface area (Å²) in [4.78, 5) is 58.1. The van der Waals surface area contributed by atoms with E-state index in [1.54, 1.807) is 67.6 Å². The highest BCUT2D eigenvalue weighted by atomic mass is 35.5. The van der Waals surface area contributed by atoms with Crippen LogP contribution in [0.25, 0.3) is 28.5 Å². The summed E-state index contributed by atoms with van der Waals surface area (Å²) in [5, 5.41) is 32.6. The van der Waals surface area contributed by atoms with Gasteiger partial charge in [0.1, 0.15) is 21.4 Å². The Labute approximate surface area is 317 Å². The van der Waals surface area contributed by atoms with Gasteiger partial charge in [0.15, 0.2) is 0 Å². The van der Waals surface area contributed by atoms with E-state index in [0.29, 0.717) is 50.0 Å². The summed E-state index contributed by atoms with van der Waals surface area (Å²) in [6.07, 6.45) is 1.23. The number of hydrogen-bond donors (Lipinski definition) is 5. The second kappa shape index (κ2) is 17.6. The van der Waals surface area contributed by atoms with Gasteiger partial charge >= 0.3 is 17.9 Å². The molecule has 6 rings (SSSR count). The van der Waals surface area contributed by atoms with Gasteiger partial charge in [-0.3, -0.25) is 14.4 Å². The predicted octanol–water partition coefficient (Wildman–Crippen LogP) is 9.16. The van der Waals surface area contributed by atoms with Crippen LogP contribution in [0, 0.1) is 6.92 Å². The number of amides is 2. The molecule has 0 bridgehead atoms. The normalized spacial score (nSPS) is 10.8. The second-order valence-electron chi connectivity index (χ2n) is 11.6. The van der Waals surface area contributed by atoms with E-state index in [1.165, 1.54) is 18.2 Å². The van der Waals surface area contributed by atoms with Crippen LogP contribution in [0.1, 0.15) is 47.3 Å². The third-order valence-corrected chi connectivity index (χ3v) is 9.02. The maximum absolute atomic E-state index is 12.5. The lowest BCUT2D eigenvalue weighted by atomic mass is 10.1. The Kier molecular flexibility index (Phi) is 12.6. The first kappa shape index (κ1) is 38.5. The van der Waals surface area contributed by atoms with Crippen LogP contribution in [0.4, 0.5) is 10.7 Å².